The lowest BCUT2D eigenvalue weighted by atomic mass is 10.2. The summed E-state index contributed by atoms with van der Waals surface area (Å²) in [6, 6.07) is 2.77. The molecule has 0 unspecified atom stereocenters. The van der Waals surface area contributed by atoms with Gasteiger partial charge in [-0.3, -0.25) is 4.79 Å². The summed E-state index contributed by atoms with van der Waals surface area (Å²) in [4.78, 5) is 11.4. The van der Waals surface area contributed by atoms with Crippen LogP contribution in [-0.2, 0) is 4.74 Å². The molecule has 1 aliphatic rings. The number of amides is 1. The second-order valence-electron chi connectivity index (χ2n) is 3.29. The molecule has 0 saturated carbocycles. The third-order valence-corrected chi connectivity index (χ3v) is 2.07. The van der Waals surface area contributed by atoms with Gasteiger partial charge in [0.1, 0.15) is 11.6 Å². The number of hydrogen-bond acceptors (Lipinski definition) is 2. The lowest BCUT2D eigenvalue weighted by Gasteiger charge is -2.04. The van der Waals surface area contributed by atoms with Crippen LogP contribution in [0.15, 0.2) is 18.2 Å². The van der Waals surface area contributed by atoms with E-state index in [9.17, 15) is 13.6 Å². The van der Waals surface area contributed by atoms with Crippen molar-refractivity contribution in [2.24, 2.45) is 0 Å². The Morgan fingerprint density at radius 3 is 2.93 bits per heavy atom. The summed E-state index contributed by atoms with van der Waals surface area (Å²) < 4.78 is 30.7. The van der Waals surface area contributed by atoms with Gasteiger partial charge < -0.3 is 10.1 Å². The number of rotatable bonds is 3. The van der Waals surface area contributed by atoms with E-state index in [0.29, 0.717) is 13.2 Å². The zero-order valence-corrected chi connectivity index (χ0v) is 7.80. The van der Waals surface area contributed by atoms with Crippen molar-refractivity contribution < 1.29 is 18.3 Å². The Bertz CT molecular complexity index is 391. The molecule has 1 saturated heterocycles. The summed E-state index contributed by atoms with van der Waals surface area (Å²) in [6.45, 7) is 0.931. The van der Waals surface area contributed by atoms with E-state index in [1.807, 2.05) is 0 Å². The molecule has 1 aliphatic heterocycles. The minimum absolute atomic E-state index is 0.0190. The van der Waals surface area contributed by atoms with Gasteiger partial charge in [-0.2, -0.15) is 0 Å². The smallest absolute Gasteiger partial charge is 0.254 e. The lowest BCUT2D eigenvalue weighted by Crippen LogP contribution is -2.28. The van der Waals surface area contributed by atoms with Crippen molar-refractivity contribution in [3.05, 3.63) is 35.4 Å². The number of nitrogens with one attached hydrogen (secondary N) is 1. The second-order valence-corrected chi connectivity index (χ2v) is 3.29. The van der Waals surface area contributed by atoms with Crippen molar-refractivity contribution in [2.75, 3.05) is 13.2 Å². The normalized spacial score (nSPS) is 18.7. The summed E-state index contributed by atoms with van der Waals surface area (Å²) in [5.74, 6) is -1.99. The monoisotopic (exact) mass is 213 g/mol. The minimum atomic E-state index is -0.731. The van der Waals surface area contributed by atoms with Crippen molar-refractivity contribution in [3.8, 4) is 0 Å². The Labute approximate surface area is 85.0 Å². The molecule has 1 atom stereocenters. The largest absolute Gasteiger partial charge is 0.371 e. The molecule has 80 valence electrons. The summed E-state index contributed by atoms with van der Waals surface area (Å²) in [6.07, 6.45) is 0.0190. The Kier molecular flexibility index (Phi) is 2.64. The number of ether oxygens (including phenoxy) is 1. The Morgan fingerprint density at radius 2 is 2.27 bits per heavy atom. The van der Waals surface area contributed by atoms with Gasteiger partial charge >= 0.3 is 0 Å². The van der Waals surface area contributed by atoms with Crippen LogP contribution in [0.2, 0.25) is 0 Å². The molecular formula is C10H9F2NO2. The Balaban J connectivity index is 2.05. The van der Waals surface area contributed by atoms with E-state index < -0.39 is 17.5 Å². The molecule has 1 N–H and O–H groups in total. The molecule has 0 bridgehead atoms. The van der Waals surface area contributed by atoms with Gasteiger partial charge in [-0.1, -0.05) is 0 Å². The fraction of sp³-hybridized carbons (Fsp3) is 0.300. The molecule has 0 spiro atoms. The van der Waals surface area contributed by atoms with Gasteiger partial charge in [0.05, 0.1) is 18.3 Å². The van der Waals surface area contributed by atoms with E-state index in [-0.39, 0.29) is 11.7 Å². The molecule has 2 rings (SSSR count). The van der Waals surface area contributed by atoms with Gasteiger partial charge in [0.2, 0.25) is 0 Å². The summed E-state index contributed by atoms with van der Waals surface area (Å²) in [5.41, 5.74) is -0.282. The first-order chi connectivity index (χ1) is 7.16. The van der Waals surface area contributed by atoms with E-state index in [4.69, 9.17) is 4.74 Å². The highest BCUT2D eigenvalue weighted by Crippen LogP contribution is 2.11. The molecule has 0 aromatic heterocycles. The SMILES string of the molecule is O=C(NC[C@H]1CO1)c1cc(F)ccc1F. The van der Waals surface area contributed by atoms with E-state index in [1.165, 1.54) is 0 Å². The van der Waals surface area contributed by atoms with Crippen LogP contribution in [0.5, 0.6) is 0 Å². The molecule has 0 radical (unpaired) electrons. The predicted octanol–water partition coefficient (Wildman–Crippen LogP) is 1.09. The highest BCUT2D eigenvalue weighted by atomic mass is 19.1. The zero-order chi connectivity index (χ0) is 10.8. The van der Waals surface area contributed by atoms with E-state index >= 15 is 0 Å². The molecule has 1 amide bonds. The fourth-order valence-electron chi connectivity index (χ4n) is 1.16. The van der Waals surface area contributed by atoms with Crippen LogP contribution in [0.25, 0.3) is 0 Å². The van der Waals surface area contributed by atoms with Gasteiger partial charge in [0, 0.05) is 6.54 Å². The second kappa shape index (κ2) is 3.94. The topological polar surface area (TPSA) is 41.6 Å². The maximum Gasteiger partial charge on any atom is 0.254 e. The number of benzene rings is 1. The van der Waals surface area contributed by atoms with Gasteiger partial charge in [-0.05, 0) is 18.2 Å². The number of hydrogen-bond donors (Lipinski definition) is 1. The van der Waals surface area contributed by atoms with Crippen LogP contribution < -0.4 is 5.32 Å². The van der Waals surface area contributed by atoms with Crippen LogP contribution in [0.3, 0.4) is 0 Å². The van der Waals surface area contributed by atoms with E-state index in [2.05, 4.69) is 5.32 Å². The van der Waals surface area contributed by atoms with Gasteiger partial charge in [0.25, 0.3) is 5.91 Å². The molecule has 1 fully saturated rings. The van der Waals surface area contributed by atoms with Crippen molar-refractivity contribution >= 4 is 5.91 Å². The summed E-state index contributed by atoms with van der Waals surface area (Å²) in [5, 5.41) is 2.46. The maximum absolute atomic E-state index is 13.1. The lowest BCUT2D eigenvalue weighted by molar-refractivity contribution is 0.0946. The maximum atomic E-state index is 13.1. The quantitative estimate of drug-likeness (QED) is 0.764. The van der Waals surface area contributed by atoms with Crippen molar-refractivity contribution in [2.45, 2.75) is 6.10 Å². The third kappa shape index (κ3) is 2.50. The Hall–Kier alpha value is -1.49. The van der Waals surface area contributed by atoms with Crippen molar-refractivity contribution in [1.82, 2.24) is 5.32 Å². The van der Waals surface area contributed by atoms with Crippen LogP contribution in [0, 0.1) is 11.6 Å². The van der Waals surface area contributed by atoms with Gasteiger partial charge in [-0.15, -0.1) is 0 Å². The molecular weight excluding hydrogens is 204 g/mol. The molecule has 5 heteroatoms. The summed E-state index contributed by atoms with van der Waals surface area (Å²) >= 11 is 0. The number of carbonyl (C=O) groups is 1. The average molecular weight is 213 g/mol. The number of carbonyl (C=O) groups excluding carboxylic acids is 1. The first-order valence-electron chi connectivity index (χ1n) is 4.51. The van der Waals surface area contributed by atoms with Crippen LogP contribution in [0.4, 0.5) is 8.78 Å². The van der Waals surface area contributed by atoms with Crippen LogP contribution >= 0.6 is 0 Å². The van der Waals surface area contributed by atoms with Crippen LogP contribution in [-0.4, -0.2) is 25.2 Å². The predicted molar refractivity (Wildman–Crippen MR) is 48.4 cm³/mol. The van der Waals surface area contributed by atoms with Gasteiger partial charge in [-0.25, -0.2) is 8.78 Å². The number of epoxide rings is 1. The van der Waals surface area contributed by atoms with Gasteiger partial charge in [0.15, 0.2) is 0 Å². The Morgan fingerprint density at radius 1 is 1.53 bits per heavy atom. The number of halogens is 2. The van der Waals surface area contributed by atoms with E-state index in [0.717, 1.165) is 18.2 Å². The van der Waals surface area contributed by atoms with E-state index in [1.54, 1.807) is 0 Å². The fourth-order valence-corrected chi connectivity index (χ4v) is 1.16. The highest BCUT2D eigenvalue weighted by Gasteiger charge is 2.23. The molecule has 3 nitrogen and oxygen atoms in total. The highest BCUT2D eigenvalue weighted by molar-refractivity contribution is 5.94. The molecule has 1 aromatic carbocycles. The minimum Gasteiger partial charge on any atom is -0.371 e. The van der Waals surface area contributed by atoms with Crippen molar-refractivity contribution in [3.63, 3.8) is 0 Å². The molecule has 0 aliphatic carbocycles. The zero-order valence-electron chi connectivity index (χ0n) is 7.80. The summed E-state index contributed by atoms with van der Waals surface area (Å²) in [7, 11) is 0. The first-order valence-corrected chi connectivity index (χ1v) is 4.51. The average Bonchev–Trinajstić information content (AvgIpc) is 3.02. The standard InChI is InChI=1S/C10H9F2NO2/c11-6-1-2-9(12)8(3-6)10(14)13-4-7-5-15-7/h1-3,7H,4-5H2,(H,13,14)/t7-/m0/s1. The first kappa shape index (κ1) is 10.0. The molecule has 1 aromatic rings. The molecule has 15 heavy (non-hydrogen) atoms. The third-order valence-electron chi connectivity index (χ3n) is 2.07. The van der Waals surface area contributed by atoms with Crippen molar-refractivity contribution in [1.29, 1.82) is 0 Å². The molecule has 1 heterocycles. The van der Waals surface area contributed by atoms with Crippen LogP contribution in [0.1, 0.15) is 10.4 Å².